The number of rotatable bonds is 1. The lowest BCUT2D eigenvalue weighted by atomic mass is 10.2. The highest BCUT2D eigenvalue weighted by molar-refractivity contribution is 5.30. The van der Waals surface area contributed by atoms with Crippen molar-refractivity contribution in [2.45, 2.75) is 6.92 Å². The van der Waals surface area contributed by atoms with Crippen molar-refractivity contribution in [3.8, 4) is 0 Å². The molecule has 0 heterocycles. The second-order valence-electron chi connectivity index (χ2n) is 2.20. The predicted octanol–water partition coefficient (Wildman–Crippen LogP) is -2.18. The number of hydrogen-bond donors (Lipinski definition) is 1. The fraction of sp³-hybridized carbons (Fsp3) is 0.250. The zero-order valence-corrected chi connectivity index (χ0v) is 8.42. The highest BCUT2D eigenvalue weighted by atomic mass is 127. The van der Waals surface area contributed by atoms with Gasteiger partial charge in [0.15, 0.2) is 0 Å². The summed E-state index contributed by atoms with van der Waals surface area (Å²) in [5.41, 5.74) is 2.61. The standard InChI is InChI=1S/C8H11N.HI/c1-7-3-5-8(9-2)6-4-7;/h3-6,9H,1-2H3;1H. The van der Waals surface area contributed by atoms with Gasteiger partial charge in [-0.15, -0.1) is 0 Å². The molecule has 0 saturated carbocycles. The number of hydrogen-bond acceptors (Lipinski definition) is 0. The van der Waals surface area contributed by atoms with Gasteiger partial charge < -0.3 is 29.3 Å². The van der Waals surface area contributed by atoms with Gasteiger partial charge in [-0.25, -0.2) is 0 Å². The van der Waals surface area contributed by atoms with E-state index in [2.05, 4.69) is 36.5 Å². The molecule has 10 heavy (non-hydrogen) atoms. The first-order valence-corrected chi connectivity index (χ1v) is 3.19. The van der Waals surface area contributed by atoms with E-state index in [1.807, 2.05) is 7.05 Å². The van der Waals surface area contributed by atoms with Gasteiger partial charge in [0.25, 0.3) is 0 Å². The Morgan fingerprint density at radius 1 is 1.10 bits per heavy atom. The highest BCUT2D eigenvalue weighted by Crippen LogP contribution is 2.01. The van der Waals surface area contributed by atoms with Crippen molar-refractivity contribution in [2.24, 2.45) is 0 Å². The zero-order chi connectivity index (χ0) is 6.69. The van der Waals surface area contributed by atoms with Crippen molar-refractivity contribution < 1.29 is 29.3 Å². The summed E-state index contributed by atoms with van der Waals surface area (Å²) in [5.74, 6) is 0. The topological polar surface area (TPSA) is 16.6 Å². The first-order chi connectivity index (χ1) is 4.33. The predicted molar refractivity (Wildman–Crippen MR) is 38.7 cm³/mol. The molecule has 1 nitrogen and oxygen atoms in total. The maximum atomic E-state index is 2.12. The van der Waals surface area contributed by atoms with Gasteiger partial charge >= 0.3 is 0 Å². The van der Waals surface area contributed by atoms with Crippen LogP contribution in [0.5, 0.6) is 0 Å². The van der Waals surface area contributed by atoms with Gasteiger partial charge in [-0.1, -0.05) is 17.7 Å². The van der Waals surface area contributed by atoms with Crippen LogP contribution in [0.2, 0.25) is 0 Å². The van der Waals surface area contributed by atoms with Crippen LogP contribution in [-0.4, -0.2) is 7.05 Å². The van der Waals surface area contributed by atoms with Crippen LogP contribution in [0, 0.1) is 6.92 Å². The first kappa shape index (κ1) is 9.91. The Hall–Kier alpha value is -0.0900. The Kier molecular flexibility index (Phi) is 4.64. The monoisotopic (exact) mass is 249 g/mol. The van der Waals surface area contributed by atoms with Gasteiger partial charge in [-0.05, 0) is 19.1 Å². The minimum atomic E-state index is 0. The van der Waals surface area contributed by atoms with E-state index in [9.17, 15) is 0 Å². The summed E-state index contributed by atoms with van der Waals surface area (Å²) in [6.07, 6.45) is 0. The summed E-state index contributed by atoms with van der Waals surface area (Å²) in [7, 11) is 2.05. The third-order valence-corrected chi connectivity index (χ3v) is 1.41. The molecule has 0 atom stereocenters. The highest BCUT2D eigenvalue weighted by Gasteiger charge is 1.87. The molecule has 0 aliphatic carbocycles. The lowest BCUT2D eigenvalue weighted by Crippen LogP contribution is -3.00. The van der Waals surface area contributed by atoms with Crippen molar-refractivity contribution in [1.29, 1.82) is 0 Å². The number of halogens is 1. The summed E-state index contributed by atoms with van der Waals surface area (Å²) in [6.45, 7) is 2.10. The second-order valence-corrected chi connectivity index (χ2v) is 2.20. The Morgan fingerprint density at radius 2 is 1.60 bits per heavy atom. The molecule has 1 rings (SSSR count). The van der Waals surface area contributed by atoms with Crippen LogP contribution in [0.4, 0.5) is 5.69 Å². The lowest BCUT2D eigenvalue weighted by Gasteiger charge is -1.92. The smallest absolute Gasteiger partial charge is 0.129 e. The van der Waals surface area contributed by atoms with E-state index in [0.717, 1.165) is 0 Å². The zero-order valence-electron chi connectivity index (χ0n) is 6.26. The normalized spacial score (nSPS) is 8.60. The molecular formula is C8H12IN. The fourth-order valence-electron chi connectivity index (χ4n) is 0.759. The maximum Gasteiger partial charge on any atom is 0.129 e. The molecule has 56 valence electrons. The van der Waals surface area contributed by atoms with Crippen LogP contribution in [0.1, 0.15) is 5.56 Å². The fourth-order valence-corrected chi connectivity index (χ4v) is 0.759. The molecule has 0 aliphatic heterocycles. The molecule has 0 unspecified atom stereocenters. The second kappa shape index (κ2) is 4.68. The third-order valence-electron chi connectivity index (χ3n) is 1.41. The van der Waals surface area contributed by atoms with E-state index in [1.165, 1.54) is 11.3 Å². The Labute approximate surface area is 78.9 Å². The van der Waals surface area contributed by atoms with E-state index in [-0.39, 0.29) is 24.0 Å². The van der Waals surface area contributed by atoms with Crippen LogP contribution >= 0.6 is 0 Å². The van der Waals surface area contributed by atoms with Crippen molar-refractivity contribution in [2.75, 3.05) is 7.05 Å². The van der Waals surface area contributed by atoms with Gasteiger partial charge in [-0.2, -0.15) is 0 Å². The van der Waals surface area contributed by atoms with Crippen molar-refractivity contribution in [3.05, 3.63) is 29.8 Å². The summed E-state index contributed by atoms with van der Waals surface area (Å²) in [6, 6.07) is 8.48. The summed E-state index contributed by atoms with van der Waals surface area (Å²) in [5, 5.41) is 2.10. The van der Waals surface area contributed by atoms with Crippen LogP contribution in [-0.2, 0) is 0 Å². The van der Waals surface area contributed by atoms with Gasteiger partial charge in [0.1, 0.15) is 5.69 Å². The minimum Gasteiger partial charge on any atom is -1.00 e. The SMILES string of the molecule is C[NH2+]c1ccc(C)cc1.[I-]. The molecule has 0 saturated heterocycles. The van der Waals surface area contributed by atoms with E-state index >= 15 is 0 Å². The van der Waals surface area contributed by atoms with E-state index in [1.54, 1.807) is 0 Å². The number of quaternary nitrogens is 1. The number of aryl methyl sites for hydroxylation is 1. The molecule has 0 bridgehead atoms. The summed E-state index contributed by atoms with van der Waals surface area (Å²) < 4.78 is 0. The Bertz CT molecular complexity index is 181. The van der Waals surface area contributed by atoms with Crippen molar-refractivity contribution in [1.82, 2.24) is 0 Å². The van der Waals surface area contributed by atoms with Crippen molar-refractivity contribution >= 4 is 5.69 Å². The lowest BCUT2D eigenvalue weighted by molar-refractivity contribution is -0.539. The van der Waals surface area contributed by atoms with Crippen molar-refractivity contribution in [3.63, 3.8) is 0 Å². The third kappa shape index (κ3) is 2.66. The van der Waals surface area contributed by atoms with Crippen LogP contribution in [0.3, 0.4) is 0 Å². The minimum absolute atomic E-state index is 0. The molecule has 0 amide bonds. The molecule has 0 aliphatic rings. The first-order valence-electron chi connectivity index (χ1n) is 3.19. The molecule has 0 aromatic heterocycles. The van der Waals surface area contributed by atoms with Crippen LogP contribution < -0.4 is 29.3 Å². The molecule has 0 fully saturated rings. The summed E-state index contributed by atoms with van der Waals surface area (Å²) in [4.78, 5) is 0. The van der Waals surface area contributed by atoms with Gasteiger partial charge in [0.05, 0.1) is 7.05 Å². The van der Waals surface area contributed by atoms with E-state index < -0.39 is 0 Å². The molecule has 1 aromatic rings. The average Bonchev–Trinajstić information content (AvgIpc) is 1.90. The Balaban J connectivity index is 0.000000810. The average molecular weight is 249 g/mol. The van der Waals surface area contributed by atoms with Crippen LogP contribution in [0.15, 0.2) is 24.3 Å². The molecule has 0 spiro atoms. The number of benzene rings is 1. The molecular weight excluding hydrogens is 237 g/mol. The molecule has 1 aromatic carbocycles. The maximum absolute atomic E-state index is 2.12. The van der Waals surface area contributed by atoms with E-state index in [4.69, 9.17) is 0 Å². The molecule has 2 heteroatoms. The molecule has 2 N–H and O–H groups in total. The van der Waals surface area contributed by atoms with Gasteiger partial charge in [0.2, 0.25) is 0 Å². The van der Waals surface area contributed by atoms with E-state index in [0.29, 0.717) is 0 Å². The van der Waals surface area contributed by atoms with Gasteiger partial charge in [-0.3, -0.25) is 0 Å². The Morgan fingerprint density at radius 3 is 2.00 bits per heavy atom. The quantitative estimate of drug-likeness (QED) is 0.430. The summed E-state index contributed by atoms with van der Waals surface area (Å²) >= 11 is 0. The largest absolute Gasteiger partial charge is 1.00 e. The number of nitrogens with two attached hydrogens (primary N) is 1. The molecule has 0 radical (unpaired) electrons. The van der Waals surface area contributed by atoms with Gasteiger partial charge in [0, 0.05) is 0 Å². The van der Waals surface area contributed by atoms with Crippen LogP contribution in [0.25, 0.3) is 0 Å².